The highest BCUT2D eigenvalue weighted by Gasteiger charge is 2.39. The molecule has 3 heterocycles. The summed E-state index contributed by atoms with van der Waals surface area (Å²) in [4.78, 5) is 15.3. The lowest BCUT2D eigenvalue weighted by atomic mass is 9.86. The molecule has 0 aliphatic carbocycles. The van der Waals surface area contributed by atoms with Gasteiger partial charge < -0.3 is 10.2 Å². The van der Waals surface area contributed by atoms with E-state index in [9.17, 15) is 4.79 Å². The second-order valence-electron chi connectivity index (χ2n) is 8.65. The lowest BCUT2D eigenvalue weighted by Crippen LogP contribution is -2.37. The minimum absolute atomic E-state index is 0.0209. The Balaban J connectivity index is 1.59. The van der Waals surface area contributed by atoms with Crippen LogP contribution in [-0.4, -0.2) is 35.3 Å². The zero-order valence-electron chi connectivity index (χ0n) is 16.1. The summed E-state index contributed by atoms with van der Waals surface area (Å²) in [5.41, 5.74) is 5.02. The molecule has 5 nitrogen and oxygen atoms in total. The molecule has 5 heteroatoms. The van der Waals surface area contributed by atoms with Crippen LogP contribution in [0.1, 0.15) is 43.4 Å². The highest BCUT2D eigenvalue weighted by atomic mass is 16.2. The van der Waals surface area contributed by atoms with Crippen molar-refractivity contribution >= 4 is 11.6 Å². The number of carbonyl (C=O) groups excluding carboxylic acids is 1. The van der Waals surface area contributed by atoms with E-state index in [-0.39, 0.29) is 23.2 Å². The highest BCUT2D eigenvalue weighted by Crippen LogP contribution is 2.36. The average molecular weight is 352 g/mol. The number of fused-ring (bicyclic) bond motifs is 1. The molecule has 1 N–H and O–H groups in total. The van der Waals surface area contributed by atoms with E-state index in [1.165, 1.54) is 11.1 Å². The molecule has 2 aliphatic heterocycles. The number of anilines is 1. The summed E-state index contributed by atoms with van der Waals surface area (Å²) in [6.07, 6.45) is 4.87. The smallest absolute Gasteiger partial charge is 0.232 e. The molecule has 2 aliphatic rings. The van der Waals surface area contributed by atoms with E-state index < -0.39 is 0 Å². The Morgan fingerprint density at radius 3 is 2.77 bits per heavy atom. The molecule has 1 aromatic carbocycles. The highest BCUT2D eigenvalue weighted by molar-refractivity contribution is 5.98. The van der Waals surface area contributed by atoms with Crippen LogP contribution in [0.15, 0.2) is 30.6 Å². The van der Waals surface area contributed by atoms with Gasteiger partial charge in [-0.25, -0.2) is 0 Å². The molecule has 0 unspecified atom stereocenters. The van der Waals surface area contributed by atoms with E-state index >= 15 is 0 Å². The van der Waals surface area contributed by atoms with Gasteiger partial charge >= 0.3 is 0 Å². The second kappa shape index (κ2) is 6.23. The quantitative estimate of drug-likeness (QED) is 0.904. The minimum atomic E-state index is -0.0209. The van der Waals surface area contributed by atoms with Crippen molar-refractivity contribution in [2.45, 2.75) is 38.5 Å². The van der Waals surface area contributed by atoms with Crippen LogP contribution in [0, 0.1) is 5.92 Å². The van der Waals surface area contributed by atoms with Crippen LogP contribution in [0.25, 0.3) is 0 Å². The van der Waals surface area contributed by atoms with Gasteiger partial charge in [-0.15, -0.1) is 0 Å². The summed E-state index contributed by atoms with van der Waals surface area (Å²) in [5, 5.41) is 7.69. The SMILES string of the molecule is Cn1cc([C@H]2CNC[C@@H]2C(=O)N2CCc3cc(C(C)(C)C)ccc32)cn1. The van der Waals surface area contributed by atoms with E-state index in [4.69, 9.17) is 0 Å². The van der Waals surface area contributed by atoms with Gasteiger partial charge in [0.2, 0.25) is 5.91 Å². The maximum absolute atomic E-state index is 13.3. The third-order valence-corrected chi connectivity index (χ3v) is 5.79. The molecule has 26 heavy (non-hydrogen) atoms. The fourth-order valence-electron chi connectivity index (χ4n) is 4.22. The first-order valence-electron chi connectivity index (χ1n) is 9.48. The molecule has 1 fully saturated rings. The number of nitrogens with one attached hydrogen (secondary N) is 1. The molecule has 0 saturated carbocycles. The van der Waals surface area contributed by atoms with E-state index in [1.807, 2.05) is 29.0 Å². The van der Waals surface area contributed by atoms with Crippen molar-refractivity contribution < 1.29 is 4.79 Å². The molecule has 0 spiro atoms. The molecular weight excluding hydrogens is 324 g/mol. The van der Waals surface area contributed by atoms with Gasteiger partial charge in [-0.2, -0.15) is 5.10 Å². The van der Waals surface area contributed by atoms with Crippen LogP contribution in [0.3, 0.4) is 0 Å². The van der Waals surface area contributed by atoms with Crippen LogP contribution in [0.4, 0.5) is 5.69 Å². The van der Waals surface area contributed by atoms with E-state index in [0.717, 1.165) is 37.3 Å². The summed E-state index contributed by atoms with van der Waals surface area (Å²) in [6, 6.07) is 6.60. The Bertz CT molecular complexity index is 833. The summed E-state index contributed by atoms with van der Waals surface area (Å²) in [7, 11) is 1.92. The molecule has 1 saturated heterocycles. The Morgan fingerprint density at radius 1 is 1.27 bits per heavy atom. The molecule has 2 aromatic rings. The van der Waals surface area contributed by atoms with Crippen LogP contribution in [-0.2, 0) is 23.7 Å². The number of hydrogen-bond donors (Lipinski definition) is 1. The molecule has 2 atom stereocenters. The first-order valence-corrected chi connectivity index (χ1v) is 9.48. The summed E-state index contributed by atoms with van der Waals surface area (Å²) < 4.78 is 1.81. The third-order valence-electron chi connectivity index (χ3n) is 5.79. The molecular formula is C21H28N4O. The van der Waals surface area contributed by atoms with Crippen molar-refractivity contribution in [2.24, 2.45) is 13.0 Å². The molecule has 0 bridgehead atoms. The van der Waals surface area contributed by atoms with Crippen LogP contribution in [0.5, 0.6) is 0 Å². The van der Waals surface area contributed by atoms with Crippen LogP contribution < -0.4 is 10.2 Å². The molecule has 138 valence electrons. The number of hydrogen-bond acceptors (Lipinski definition) is 3. The van der Waals surface area contributed by atoms with Crippen molar-refractivity contribution in [3.63, 3.8) is 0 Å². The predicted octanol–water partition coefficient (Wildman–Crippen LogP) is 2.61. The molecule has 1 amide bonds. The van der Waals surface area contributed by atoms with Gasteiger partial charge in [-0.05, 0) is 34.6 Å². The van der Waals surface area contributed by atoms with Gasteiger partial charge in [0.1, 0.15) is 0 Å². The van der Waals surface area contributed by atoms with Gasteiger partial charge in [0, 0.05) is 44.5 Å². The summed E-state index contributed by atoms with van der Waals surface area (Å²) >= 11 is 0. The Morgan fingerprint density at radius 2 is 2.08 bits per heavy atom. The van der Waals surface area contributed by atoms with Gasteiger partial charge in [0.05, 0.1) is 12.1 Å². The fraction of sp³-hybridized carbons (Fsp3) is 0.524. The maximum atomic E-state index is 13.3. The van der Waals surface area contributed by atoms with E-state index in [0.29, 0.717) is 0 Å². The van der Waals surface area contributed by atoms with Crippen LogP contribution in [0.2, 0.25) is 0 Å². The van der Waals surface area contributed by atoms with Crippen molar-refractivity contribution in [1.29, 1.82) is 0 Å². The Kier molecular flexibility index (Phi) is 4.14. The van der Waals surface area contributed by atoms with Crippen LogP contribution >= 0.6 is 0 Å². The van der Waals surface area contributed by atoms with Crippen molar-refractivity contribution in [2.75, 3.05) is 24.5 Å². The van der Waals surface area contributed by atoms with E-state index in [1.54, 1.807) is 0 Å². The van der Waals surface area contributed by atoms with Gasteiger partial charge in [0.15, 0.2) is 0 Å². The number of nitrogens with zero attached hydrogens (tertiary/aromatic N) is 3. The number of benzene rings is 1. The van der Waals surface area contributed by atoms with Crippen molar-refractivity contribution in [3.8, 4) is 0 Å². The number of aryl methyl sites for hydroxylation is 1. The lowest BCUT2D eigenvalue weighted by Gasteiger charge is -2.25. The molecule has 4 rings (SSSR count). The van der Waals surface area contributed by atoms with E-state index in [2.05, 4.69) is 49.4 Å². The van der Waals surface area contributed by atoms with Crippen molar-refractivity contribution in [3.05, 3.63) is 47.3 Å². The van der Waals surface area contributed by atoms with Crippen molar-refractivity contribution in [1.82, 2.24) is 15.1 Å². The molecule has 0 radical (unpaired) electrons. The third kappa shape index (κ3) is 2.94. The fourth-order valence-corrected chi connectivity index (χ4v) is 4.22. The normalized spacial score (nSPS) is 22.7. The first kappa shape index (κ1) is 17.3. The number of carbonyl (C=O) groups is 1. The van der Waals surface area contributed by atoms with Gasteiger partial charge in [-0.1, -0.05) is 32.9 Å². The second-order valence-corrected chi connectivity index (χ2v) is 8.65. The summed E-state index contributed by atoms with van der Waals surface area (Å²) in [5.74, 6) is 0.424. The summed E-state index contributed by atoms with van der Waals surface area (Å²) in [6.45, 7) is 9.06. The zero-order valence-corrected chi connectivity index (χ0v) is 16.1. The topological polar surface area (TPSA) is 50.2 Å². The van der Waals surface area contributed by atoms with Gasteiger partial charge in [0.25, 0.3) is 0 Å². The molecule has 1 aromatic heterocycles. The number of amides is 1. The standard InChI is InChI=1S/C21H28N4O/c1-21(2,3)16-5-6-19-14(9-16)7-8-25(19)20(26)18-12-22-11-17(18)15-10-23-24(4)13-15/h5-6,9-10,13,17-18,22H,7-8,11-12H2,1-4H3/t17-,18+/m1/s1. The largest absolute Gasteiger partial charge is 0.315 e. The zero-order chi connectivity index (χ0) is 18.5. The first-order chi connectivity index (χ1) is 12.3. The lowest BCUT2D eigenvalue weighted by molar-refractivity contribution is -0.122. The minimum Gasteiger partial charge on any atom is -0.315 e. The maximum Gasteiger partial charge on any atom is 0.232 e. The predicted molar refractivity (Wildman–Crippen MR) is 104 cm³/mol. The number of rotatable bonds is 2. The van der Waals surface area contributed by atoms with Gasteiger partial charge in [-0.3, -0.25) is 9.48 Å². The number of aromatic nitrogens is 2. The Labute approximate surface area is 155 Å². The average Bonchev–Trinajstić information content (AvgIpc) is 3.31. The Hall–Kier alpha value is -2.14. The monoisotopic (exact) mass is 352 g/mol.